The topological polar surface area (TPSA) is 161 Å². The van der Waals surface area contributed by atoms with Crippen LogP contribution < -0.4 is 10.9 Å². The van der Waals surface area contributed by atoms with E-state index < -0.39 is 41.3 Å². The third-order valence-corrected chi connectivity index (χ3v) is 9.48. The third kappa shape index (κ3) is 6.35. The minimum absolute atomic E-state index is 0.0320. The van der Waals surface area contributed by atoms with E-state index in [4.69, 9.17) is 16.3 Å². The zero-order valence-electron chi connectivity index (χ0n) is 28.3. The summed E-state index contributed by atoms with van der Waals surface area (Å²) < 4.78 is 50.3. The van der Waals surface area contributed by atoms with Crippen LogP contribution in [-0.4, -0.2) is 68.4 Å². The van der Waals surface area contributed by atoms with E-state index in [1.807, 2.05) is 13.8 Å². The molecule has 53 heavy (non-hydrogen) atoms. The molecule has 0 atom stereocenters. The maximum atomic E-state index is 14.3. The Morgan fingerprint density at radius 3 is 2.55 bits per heavy atom. The molecule has 7 heterocycles. The summed E-state index contributed by atoms with van der Waals surface area (Å²) in [7, 11) is 0. The highest BCUT2D eigenvalue weighted by atomic mass is 35.5. The molecule has 18 heteroatoms. The van der Waals surface area contributed by atoms with Gasteiger partial charge >= 0.3 is 6.18 Å². The van der Waals surface area contributed by atoms with Gasteiger partial charge < -0.3 is 29.0 Å². The Bertz CT molecular complexity index is 2450. The Kier molecular flexibility index (Phi) is 9.15. The van der Waals surface area contributed by atoms with Crippen LogP contribution in [0.25, 0.3) is 22.8 Å². The van der Waals surface area contributed by atoms with Crippen molar-refractivity contribution in [3.05, 3.63) is 105 Å². The number of hydrogen-bond donors (Lipinski definition) is 2. The SMILES string of the molecule is CC.O=C(Cn1c2c(c(=O)n3nc(-c4ccn5ccnc5c4)nc13)C1(CCN(C(=O)c3ncccc3O)CC1)OC2)Nc1ccc(C(F)(F)F)cc1Cl. The van der Waals surface area contributed by atoms with Crippen LogP contribution >= 0.6 is 11.6 Å². The number of pyridine rings is 2. The number of fused-ring (bicyclic) bond motifs is 4. The van der Waals surface area contributed by atoms with Gasteiger partial charge in [-0.1, -0.05) is 25.4 Å². The minimum Gasteiger partial charge on any atom is -0.505 e. The highest BCUT2D eigenvalue weighted by molar-refractivity contribution is 6.33. The summed E-state index contributed by atoms with van der Waals surface area (Å²) in [5.41, 5.74) is -0.960. The molecule has 0 unspecified atom stereocenters. The number of ether oxygens (including phenoxy) is 1. The molecular formula is C35H31ClF3N9O5. The Labute approximate surface area is 303 Å². The molecule has 1 spiro atoms. The lowest BCUT2D eigenvalue weighted by molar-refractivity contribution is -0.137. The fraction of sp³-hybridized carbons (Fsp3) is 0.286. The van der Waals surface area contributed by atoms with Gasteiger partial charge in [-0.3, -0.25) is 14.4 Å². The molecule has 14 nitrogen and oxygen atoms in total. The van der Waals surface area contributed by atoms with Gasteiger partial charge in [-0.05, 0) is 55.3 Å². The van der Waals surface area contributed by atoms with Gasteiger partial charge in [0.25, 0.3) is 11.5 Å². The van der Waals surface area contributed by atoms with Crippen LogP contribution in [0.1, 0.15) is 54.0 Å². The van der Waals surface area contributed by atoms with Gasteiger partial charge in [-0.15, -0.1) is 5.10 Å². The number of alkyl halides is 3. The fourth-order valence-electron chi connectivity index (χ4n) is 6.63. The third-order valence-electron chi connectivity index (χ3n) is 9.17. The Balaban J connectivity index is 0.00000214. The molecule has 2 N–H and O–H groups in total. The summed E-state index contributed by atoms with van der Waals surface area (Å²) in [5, 5.41) is 17.0. The van der Waals surface area contributed by atoms with Gasteiger partial charge in [0.15, 0.2) is 11.5 Å². The number of carbonyl (C=O) groups is 2. The molecule has 5 aromatic heterocycles. The summed E-state index contributed by atoms with van der Waals surface area (Å²) in [6, 6.07) is 8.97. The average molecular weight is 750 g/mol. The minimum atomic E-state index is -4.62. The standard InChI is InChI=1S/C33H25ClF3N9O5.C2H6/c34-20-15-19(33(35,36)37)3-4-21(20)40-25(48)16-45-22-17-51-32(6-11-44(12-7-32)30(50)27-23(47)2-1-8-39-27)26(22)29(49)46-31(45)41-28(42-46)18-5-10-43-13-9-38-24(43)14-18;1-2/h1-5,8-10,13-15,47H,6-7,11-12,16-17H2,(H,40,48);1-2H3. The lowest BCUT2D eigenvalue weighted by Crippen LogP contribution is -2.47. The molecule has 2 aliphatic rings. The second-order valence-corrected chi connectivity index (χ2v) is 12.6. The lowest BCUT2D eigenvalue weighted by Gasteiger charge is -2.38. The normalized spacial score (nSPS) is 15.0. The summed E-state index contributed by atoms with van der Waals surface area (Å²) in [5.74, 6) is -1.16. The molecule has 2 aliphatic heterocycles. The van der Waals surface area contributed by atoms with Gasteiger partial charge in [-0.2, -0.15) is 22.7 Å². The molecule has 2 amide bonds. The number of nitrogens with zero attached hydrogens (tertiary/aromatic N) is 8. The Hall–Kier alpha value is -5.81. The molecule has 0 aliphatic carbocycles. The van der Waals surface area contributed by atoms with Crippen LogP contribution in [-0.2, 0) is 34.5 Å². The van der Waals surface area contributed by atoms with Crippen LogP contribution in [0.3, 0.4) is 0 Å². The van der Waals surface area contributed by atoms with E-state index in [0.717, 1.165) is 22.7 Å². The number of hydrogen-bond acceptors (Lipinski definition) is 9. The van der Waals surface area contributed by atoms with Gasteiger partial charge in [0, 0.05) is 43.4 Å². The number of benzene rings is 1. The van der Waals surface area contributed by atoms with Crippen molar-refractivity contribution < 1.29 is 32.6 Å². The highest BCUT2D eigenvalue weighted by Crippen LogP contribution is 2.43. The van der Waals surface area contributed by atoms with E-state index in [2.05, 4.69) is 25.4 Å². The Morgan fingerprint density at radius 2 is 1.83 bits per heavy atom. The van der Waals surface area contributed by atoms with Gasteiger partial charge in [0.2, 0.25) is 11.7 Å². The van der Waals surface area contributed by atoms with Gasteiger partial charge in [-0.25, -0.2) is 9.97 Å². The van der Waals surface area contributed by atoms with E-state index >= 15 is 0 Å². The summed E-state index contributed by atoms with van der Waals surface area (Å²) >= 11 is 6.11. The zero-order valence-corrected chi connectivity index (χ0v) is 29.0. The van der Waals surface area contributed by atoms with E-state index in [9.17, 15) is 32.7 Å². The largest absolute Gasteiger partial charge is 0.505 e. The van der Waals surface area contributed by atoms with Crippen LogP contribution in [0.4, 0.5) is 18.9 Å². The number of anilines is 1. The summed E-state index contributed by atoms with van der Waals surface area (Å²) in [6.07, 6.45) is 2.37. The molecule has 8 rings (SSSR count). The molecule has 0 saturated carbocycles. The maximum absolute atomic E-state index is 14.3. The number of likely N-dealkylation sites (tertiary alicyclic amines) is 1. The number of amides is 2. The predicted octanol–water partition coefficient (Wildman–Crippen LogP) is 5.31. The summed E-state index contributed by atoms with van der Waals surface area (Å²) in [4.78, 5) is 55.5. The number of halogens is 4. The van der Waals surface area contributed by atoms with Gasteiger partial charge in [0.1, 0.15) is 23.5 Å². The molecule has 1 aromatic carbocycles. The molecule has 1 fully saturated rings. The fourth-order valence-corrected chi connectivity index (χ4v) is 6.85. The van der Waals surface area contributed by atoms with Crippen molar-refractivity contribution >= 4 is 40.5 Å². The van der Waals surface area contributed by atoms with Crippen LogP contribution in [0.5, 0.6) is 5.75 Å². The number of imidazole rings is 1. The molecule has 0 bridgehead atoms. The number of aromatic nitrogens is 7. The van der Waals surface area contributed by atoms with Crippen LogP contribution in [0.2, 0.25) is 5.02 Å². The Morgan fingerprint density at radius 1 is 1.06 bits per heavy atom. The molecule has 6 aromatic rings. The van der Waals surface area contributed by atoms with Crippen molar-refractivity contribution in [1.82, 2.24) is 38.4 Å². The van der Waals surface area contributed by atoms with E-state index in [1.54, 1.807) is 35.1 Å². The maximum Gasteiger partial charge on any atom is 0.416 e. The lowest BCUT2D eigenvalue weighted by atomic mass is 9.85. The smallest absolute Gasteiger partial charge is 0.416 e. The van der Waals surface area contributed by atoms with E-state index in [1.165, 1.54) is 27.8 Å². The summed E-state index contributed by atoms with van der Waals surface area (Å²) in [6.45, 7) is 3.84. The van der Waals surface area contributed by atoms with Crippen molar-refractivity contribution in [2.75, 3.05) is 18.4 Å². The molecule has 274 valence electrons. The first kappa shape index (κ1) is 35.6. The zero-order chi connectivity index (χ0) is 37.7. The number of rotatable bonds is 5. The van der Waals surface area contributed by atoms with Crippen molar-refractivity contribution in [3.8, 4) is 17.1 Å². The second-order valence-electron chi connectivity index (χ2n) is 12.2. The molecule has 0 radical (unpaired) electrons. The van der Waals surface area contributed by atoms with Crippen LogP contribution in [0.15, 0.2) is 72.0 Å². The van der Waals surface area contributed by atoms with Crippen molar-refractivity contribution in [2.24, 2.45) is 0 Å². The molecular weight excluding hydrogens is 719 g/mol. The first-order valence-corrected chi connectivity index (χ1v) is 17.0. The van der Waals surface area contributed by atoms with Crippen LogP contribution in [0, 0.1) is 0 Å². The van der Waals surface area contributed by atoms with Crippen molar-refractivity contribution in [3.63, 3.8) is 0 Å². The van der Waals surface area contributed by atoms with E-state index in [0.29, 0.717) is 16.9 Å². The number of carbonyl (C=O) groups excluding carboxylic acids is 2. The monoisotopic (exact) mass is 749 g/mol. The number of nitrogens with one attached hydrogen (secondary N) is 1. The predicted molar refractivity (Wildman–Crippen MR) is 185 cm³/mol. The van der Waals surface area contributed by atoms with Crippen molar-refractivity contribution in [2.45, 2.75) is 51.6 Å². The highest BCUT2D eigenvalue weighted by Gasteiger charge is 2.48. The number of aromatic hydroxyl groups is 1. The van der Waals surface area contributed by atoms with Crippen molar-refractivity contribution in [1.29, 1.82) is 0 Å². The second kappa shape index (κ2) is 13.6. The quantitative estimate of drug-likeness (QED) is 0.238. The first-order valence-electron chi connectivity index (χ1n) is 16.6. The van der Waals surface area contributed by atoms with Gasteiger partial charge in [0.05, 0.1) is 34.1 Å². The number of piperidine rings is 1. The average Bonchev–Trinajstić information content (AvgIpc) is 3.90. The molecule has 1 saturated heterocycles. The first-order chi connectivity index (χ1) is 25.4. The van der Waals surface area contributed by atoms with E-state index in [-0.39, 0.29) is 71.9 Å².